The molecule has 2 N–H and O–H groups in total. The van der Waals surface area contributed by atoms with Gasteiger partial charge >= 0.3 is 0 Å². The van der Waals surface area contributed by atoms with Gasteiger partial charge in [-0.3, -0.25) is 0 Å². The molecule has 6 nitrogen and oxygen atoms in total. The van der Waals surface area contributed by atoms with Gasteiger partial charge in [-0.2, -0.15) is 0 Å². The summed E-state index contributed by atoms with van der Waals surface area (Å²) in [6, 6.07) is 0. The van der Waals surface area contributed by atoms with Gasteiger partial charge in [0.15, 0.2) is 0 Å². The molecule has 0 aliphatic rings. The van der Waals surface area contributed by atoms with Crippen LogP contribution in [-0.2, 0) is 18.9 Å². The van der Waals surface area contributed by atoms with Gasteiger partial charge in [0, 0.05) is 28.4 Å². The number of aliphatic hydroxyl groups excluding tert-OH is 2. The lowest BCUT2D eigenvalue weighted by atomic mass is 10.0. The second kappa shape index (κ2) is 8.86. The van der Waals surface area contributed by atoms with E-state index in [9.17, 15) is 5.11 Å². The van der Waals surface area contributed by atoms with Crippen molar-refractivity contribution in [1.82, 2.24) is 0 Å². The molecule has 0 aromatic heterocycles. The van der Waals surface area contributed by atoms with Crippen LogP contribution < -0.4 is 0 Å². The number of rotatable bonds is 9. The van der Waals surface area contributed by atoms with Gasteiger partial charge in [0.1, 0.15) is 24.4 Å². The lowest BCUT2D eigenvalue weighted by Crippen LogP contribution is -2.50. The summed E-state index contributed by atoms with van der Waals surface area (Å²) < 4.78 is 20.2. The van der Waals surface area contributed by atoms with Crippen LogP contribution in [0.15, 0.2) is 0 Å². The van der Waals surface area contributed by atoms with Crippen LogP contribution in [-0.4, -0.2) is 76.3 Å². The molecule has 0 amide bonds. The molecular formula is C10H22O6. The number of ether oxygens (including phenoxy) is 4. The minimum atomic E-state index is -0.843. The lowest BCUT2D eigenvalue weighted by molar-refractivity contribution is -0.158. The molecule has 0 aromatic rings. The summed E-state index contributed by atoms with van der Waals surface area (Å²) in [7, 11) is 5.87. The van der Waals surface area contributed by atoms with Gasteiger partial charge < -0.3 is 29.2 Å². The Morgan fingerprint density at radius 2 is 1.50 bits per heavy atom. The minimum absolute atomic E-state index is 0.125. The first-order valence-electron chi connectivity index (χ1n) is 5.02. The van der Waals surface area contributed by atoms with Crippen LogP contribution in [0.5, 0.6) is 0 Å². The highest BCUT2D eigenvalue weighted by molar-refractivity contribution is 4.84. The Labute approximate surface area is 96.1 Å². The topological polar surface area (TPSA) is 77.4 Å². The number of hydrogen-bond acceptors (Lipinski definition) is 6. The van der Waals surface area contributed by atoms with E-state index in [2.05, 4.69) is 0 Å². The highest BCUT2D eigenvalue weighted by atomic mass is 16.6. The van der Waals surface area contributed by atoms with Crippen LogP contribution in [0.4, 0.5) is 0 Å². The summed E-state index contributed by atoms with van der Waals surface area (Å²) in [5.74, 6) is 0. The molecule has 0 aliphatic heterocycles. The SMILES string of the molecule is COC[C@H](O)[C@H](OC)[C@H](OC)[C@H](CO)OC. The standard InChI is InChI=1S/C10H22O6/c1-13-6-7(12)9(15-3)10(16-4)8(5-11)14-2/h7-12H,5-6H2,1-4H3/t7-,8-,9-,10+/m0/s1. The van der Waals surface area contributed by atoms with Crippen molar-refractivity contribution in [3.63, 3.8) is 0 Å². The molecule has 0 aromatic carbocycles. The Hall–Kier alpha value is -0.240. The summed E-state index contributed by atoms with van der Waals surface area (Å²) in [6.07, 6.45) is -2.59. The Morgan fingerprint density at radius 3 is 1.81 bits per heavy atom. The zero-order valence-electron chi connectivity index (χ0n) is 10.3. The van der Waals surface area contributed by atoms with Crippen molar-refractivity contribution in [2.24, 2.45) is 0 Å². The second-order valence-electron chi connectivity index (χ2n) is 3.38. The predicted octanol–water partition coefficient (Wildman–Crippen LogP) is -0.969. The van der Waals surface area contributed by atoms with Crippen molar-refractivity contribution in [3.8, 4) is 0 Å². The summed E-state index contributed by atoms with van der Waals surface area (Å²) in [5.41, 5.74) is 0. The smallest absolute Gasteiger partial charge is 0.114 e. The van der Waals surface area contributed by atoms with Crippen molar-refractivity contribution in [2.45, 2.75) is 24.4 Å². The van der Waals surface area contributed by atoms with Crippen LogP contribution in [0.2, 0.25) is 0 Å². The molecule has 98 valence electrons. The maximum Gasteiger partial charge on any atom is 0.114 e. The average Bonchev–Trinajstić information content (AvgIpc) is 2.29. The van der Waals surface area contributed by atoms with Gasteiger partial charge in [0.2, 0.25) is 0 Å². The Kier molecular flexibility index (Phi) is 8.73. The molecule has 0 aliphatic carbocycles. The fraction of sp³-hybridized carbons (Fsp3) is 1.00. The maximum atomic E-state index is 9.78. The summed E-state index contributed by atoms with van der Waals surface area (Å²) >= 11 is 0. The zero-order chi connectivity index (χ0) is 12.6. The molecule has 0 bridgehead atoms. The average molecular weight is 238 g/mol. The van der Waals surface area contributed by atoms with Gasteiger partial charge in [0.25, 0.3) is 0 Å². The van der Waals surface area contributed by atoms with E-state index in [1.54, 1.807) is 0 Å². The van der Waals surface area contributed by atoms with Gasteiger partial charge in [0.05, 0.1) is 13.2 Å². The minimum Gasteiger partial charge on any atom is -0.394 e. The summed E-state index contributed by atoms with van der Waals surface area (Å²) in [6.45, 7) is -0.0885. The second-order valence-corrected chi connectivity index (χ2v) is 3.38. The molecule has 0 saturated carbocycles. The molecule has 0 saturated heterocycles. The van der Waals surface area contributed by atoms with Crippen molar-refractivity contribution in [1.29, 1.82) is 0 Å². The van der Waals surface area contributed by atoms with Crippen LogP contribution in [0.25, 0.3) is 0 Å². The third kappa shape index (κ3) is 4.32. The number of hydrogen-bond donors (Lipinski definition) is 2. The van der Waals surface area contributed by atoms with E-state index in [0.717, 1.165) is 0 Å². The fourth-order valence-corrected chi connectivity index (χ4v) is 1.59. The van der Waals surface area contributed by atoms with E-state index in [0.29, 0.717) is 0 Å². The number of methoxy groups -OCH3 is 4. The highest BCUT2D eigenvalue weighted by Gasteiger charge is 2.34. The lowest BCUT2D eigenvalue weighted by Gasteiger charge is -2.32. The molecule has 0 fully saturated rings. The van der Waals surface area contributed by atoms with Crippen molar-refractivity contribution in [2.75, 3.05) is 41.7 Å². The van der Waals surface area contributed by atoms with Crippen LogP contribution >= 0.6 is 0 Å². The third-order valence-electron chi connectivity index (χ3n) is 2.43. The predicted molar refractivity (Wildman–Crippen MR) is 57.4 cm³/mol. The zero-order valence-corrected chi connectivity index (χ0v) is 10.3. The Bertz CT molecular complexity index is 161. The van der Waals surface area contributed by atoms with E-state index in [4.69, 9.17) is 24.1 Å². The largest absolute Gasteiger partial charge is 0.394 e. The third-order valence-corrected chi connectivity index (χ3v) is 2.43. The Balaban J connectivity index is 4.59. The molecule has 4 atom stereocenters. The normalized spacial score (nSPS) is 19.1. The van der Waals surface area contributed by atoms with Gasteiger partial charge in [-0.05, 0) is 0 Å². The van der Waals surface area contributed by atoms with E-state index in [-0.39, 0.29) is 13.2 Å². The van der Waals surface area contributed by atoms with E-state index >= 15 is 0 Å². The van der Waals surface area contributed by atoms with Gasteiger partial charge in [-0.25, -0.2) is 0 Å². The molecule has 0 rings (SSSR count). The van der Waals surface area contributed by atoms with Gasteiger partial charge in [-0.15, -0.1) is 0 Å². The van der Waals surface area contributed by atoms with Crippen LogP contribution in [0, 0.1) is 0 Å². The van der Waals surface area contributed by atoms with E-state index < -0.39 is 24.4 Å². The molecule has 0 spiro atoms. The molecule has 0 heterocycles. The number of aliphatic hydroxyl groups is 2. The fourth-order valence-electron chi connectivity index (χ4n) is 1.59. The first-order valence-corrected chi connectivity index (χ1v) is 5.02. The van der Waals surface area contributed by atoms with E-state index in [1.807, 2.05) is 0 Å². The Morgan fingerprint density at radius 1 is 0.938 bits per heavy atom. The quantitative estimate of drug-likeness (QED) is 0.538. The maximum absolute atomic E-state index is 9.78. The van der Waals surface area contributed by atoms with E-state index in [1.165, 1.54) is 28.4 Å². The first-order chi connectivity index (χ1) is 7.65. The van der Waals surface area contributed by atoms with Crippen molar-refractivity contribution in [3.05, 3.63) is 0 Å². The summed E-state index contributed by atoms with van der Waals surface area (Å²) in [4.78, 5) is 0. The first kappa shape index (κ1) is 15.8. The monoisotopic (exact) mass is 238 g/mol. The molecule has 16 heavy (non-hydrogen) atoms. The summed E-state index contributed by atoms with van der Waals surface area (Å²) in [5, 5.41) is 18.9. The van der Waals surface area contributed by atoms with Crippen molar-refractivity contribution >= 4 is 0 Å². The highest BCUT2D eigenvalue weighted by Crippen LogP contribution is 2.14. The molecular weight excluding hydrogens is 216 g/mol. The van der Waals surface area contributed by atoms with Crippen molar-refractivity contribution < 1.29 is 29.2 Å². The van der Waals surface area contributed by atoms with Gasteiger partial charge in [-0.1, -0.05) is 0 Å². The van der Waals surface area contributed by atoms with Crippen LogP contribution in [0.3, 0.4) is 0 Å². The molecule has 0 radical (unpaired) electrons. The molecule has 6 heteroatoms. The molecule has 0 unspecified atom stereocenters. The van der Waals surface area contributed by atoms with Crippen LogP contribution in [0.1, 0.15) is 0 Å².